The molecular weight excluding hydrogens is 715 g/mol. The molecule has 2 aliphatic rings. The highest BCUT2D eigenvalue weighted by Gasteiger charge is 2.53. The van der Waals surface area contributed by atoms with Crippen molar-refractivity contribution in [3.8, 4) is 78.5 Å². The number of fused-ring (bicyclic) bond motifs is 12. The molecule has 0 unspecified atom stereocenters. The summed E-state index contributed by atoms with van der Waals surface area (Å²) < 4.78 is 0. The standard InChI is InChI=1S/C56H35N3/c1-3-15-38(16-4-1)50-35-51(39-17-5-2-6-18-39)59-55(58-50)41-33-29-37(30-34-41)36-27-31-40(32-28-36)54-52-44-21-9-13-25-48(44)56(53(52)45-22-10-14-26-49(45)57-54)46-23-11-7-19-42(46)43-20-8-12-24-47(43)56/h1-35H. The molecule has 0 fully saturated rings. The fraction of sp³-hybridized carbons (Fsp3) is 0.0179. The van der Waals surface area contributed by atoms with Crippen LogP contribution in [0, 0.1) is 0 Å². The van der Waals surface area contributed by atoms with Gasteiger partial charge in [-0.3, -0.25) is 0 Å². The highest BCUT2D eigenvalue weighted by atomic mass is 14.9. The fourth-order valence-corrected chi connectivity index (χ4v) is 9.75. The Morgan fingerprint density at radius 1 is 0.322 bits per heavy atom. The second-order valence-corrected chi connectivity index (χ2v) is 15.5. The minimum absolute atomic E-state index is 0.454. The van der Waals surface area contributed by atoms with Gasteiger partial charge in [-0.15, -0.1) is 0 Å². The van der Waals surface area contributed by atoms with Gasteiger partial charge in [-0.25, -0.2) is 15.0 Å². The van der Waals surface area contributed by atoms with Gasteiger partial charge in [-0.05, 0) is 62.2 Å². The van der Waals surface area contributed by atoms with Crippen LogP contribution in [0.5, 0.6) is 0 Å². The number of hydrogen-bond acceptors (Lipinski definition) is 3. The van der Waals surface area contributed by atoms with Gasteiger partial charge in [0.2, 0.25) is 0 Å². The van der Waals surface area contributed by atoms with Crippen LogP contribution < -0.4 is 0 Å². The summed E-state index contributed by atoms with van der Waals surface area (Å²) in [6.45, 7) is 0. The summed E-state index contributed by atoms with van der Waals surface area (Å²) in [5.41, 5.74) is 20.2. The number of pyridine rings is 1. The lowest BCUT2D eigenvalue weighted by molar-refractivity contribution is 0.801. The molecule has 1 spiro atoms. The summed E-state index contributed by atoms with van der Waals surface area (Å²) in [6.07, 6.45) is 0. The quantitative estimate of drug-likeness (QED) is 0.176. The molecule has 0 amide bonds. The van der Waals surface area contributed by atoms with Crippen LogP contribution in [0.2, 0.25) is 0 Å². The monoisotopic (exact) mass is 749 g/mol. The highest BCUT2D eigenvalue weighted by molar-refractivity contribution is 6.06. The Morgan fingerprint density at radius 2 is 0.763 bits per heavy atom. The predicted molar refractivity (Wildman–Crippen MR) is 241 cm³/mol. The van der Waals surface area contributed by atoms with E-state index < -0.39 is 5.41 Å². The summed E-state index contributed by atoms with van der Waals surface area (Å²) >= 11 is 0. The van der Waals surface area contributed by atoms with Gasteiger partial charge in [-0.2, -0.15) is 0 Å². The van der Waals surface area contributed by atoms with Crippen molar-refractivity contribution < 1.29 is 0 Å². The third-order valence-electron chi connectivity index (χ3n) is 12.3. The average Bonchev–Trinajstić information content (AvgIpc) is 3.80. The molecule has 0 bridgehead atoms. The topological polar surface area (TPSA) is 38.7 Å². The SMILES string of the molecule is c1ccc(-c2cc(-c3ccccc3)nc(-c3ccc(-c4ccc(-c5nc6ccccc6c6c5-c5ccccc5C65c6ccccc6-c6ccccc65)cc4)cc3)n2)cc1. The van der Waals surface area contributed by atoms with Gasteiger partial charge in [0.05, 0.1) is 28.0 Å². The minimum atomic E-state index is -0.454. The maximum Gasteiger partial charge on any atom is 0.160 e. The normalized spacial score (nSPS) is 12.9. The van der Waals surface area contributed by atoms with E-state index in [0.717, 1.165) is 56.0 Å². The second-order valence-electron chi connectivity index (χ2n) is 15.5. The van der Waals surface area contributed by atoms with Crippen LogP contribution in [-0.2, 0) is 5.41 Å². The van der Waals surface area contributed by atoms with Crippen molar-refractivity contribution in [3.05, 3.63) is 235 Å². The molecule has 0 aliphatic heterocycles. The number of nitrogens with zero attached hydrogens (tertiary/aromatic N) is 3. The Labute approximate surface area is 343 Å². The van der Waals surface area contributed by atoms with Gasteiger partial charge in [0, 0.05) is 33.2 Å². The summed E-state index contributed by atoms with van der Waals surface area (Å²) in [5.74, 6) is 0.703. The predicted octanol–water partition coefficient (Wildman–Crippen LogP) is 13.7. The van der Waals surface area contributed by atoms with E-state index in [4.69, 9.17) is 15.0 Å². The summed E-state index contributed by atoms with van der Waals surface area (Å²) in [4.78, 5) is 15.6. The third-order valence-corrected chi connectivity index (χ3v) is 12.3. The molecule has 59 heavy (non-hydrogen) atoms. The summed E-state index contributed by atoms with van der Waals surface area (Å²) in [7, 11) is 0. The number of rotatable bonds is 5. The molecule has 0 radical (unpaired) electrons. The summed E-state index contributed by atoms with van der Waals surface area (Å²) in [6, 6.07) is 75.9. The van der Waals surface area contributed by atoms with Crippen molar-refractivity contribution in [2.24, 2.45) is 0 Å². The highest BCUT2D eigenvalue weighted by Crippen LogP contribution is 2.65. The molecule has 3 nitrogen and oxygen atoms in total. The summed E-state index contributed by atoms with van der Waals surface area (Å²) in [5, 5.41) is 1.19. The molecule has 10 aromatic rings. The fourth-order valence-electron chi connectivity index (χ4n) is 9.75. The molecular formula is C56H35N3. The lowest BCUT2D eigenvalue weighted by atomic mass is 9.69. The van der Waals surface area contributed by atoms with Crippen molar-refractivity contribution in [2.45, 2.75) is 5.41 Å². The zero-order valence-corrected chi connectivity index (χ0v) is 32.0. The van der Waals surface area contributed by atoms with Crippen LogP contribution in [0.4, 0.5) is 0 Å². The average molecular weight is 750 g/mol. The molecule has 2 aromatic heterocycles. The van der Waals surface area contributed by atoms with Crippen molar-refractivity contribution in [2.75, 3.05) is 0 Å². The lowest BCUT2D eigenvalue weighted by Gasteiger charge is -2.31. The second kappa shape index (κ2) is 13.2. The Kier molecular flexibility index (Phi) is 7.45. The van der Waals surface area contributed by atoms with Crippen LogP contribution in [0.15, 0.2) is 212 Å². The molecule has 0 N–H and O–H groups in total. The van der Waals surface area contributed by atoms with Gasteiger partial charge in [0.1, 0.15) is 0 Å². The molecule has 3 heteroatoms. The molecule has 2 aliphatic carbocycles. The van der Waals surface area contributed by atoms with Crippen LogP contribution >= 0.6 is 0 Å². The molecule has 2 heterocycles. The van der Waals surface area contributed by atoms with E-state index in [9.17, 15) is 0 Å². The molecule has 0 saturated heterocycles. The van der Waals surface area contributed by atoms with Crippen molar-refractivity contribution in [1.82, 2.24) is 15.0 Å². The van der Waals surface area contributed by atoms with E-state index in [-0.39, 0.29) is 0 Å². The van der Waals surface area contributed by atoms with Gasteiger partial charge in [0.25, 0.3) is 0 Å². The first-order valence-electron chi connectivity index (χ1n) is 20.2. The first-order chi connectivity index (χ1) is 29.3. The van der Waals surface area contributed by atoms with Gasteiger partial charge < -0.3 is 0 Å². The maximum absolute atomic E-state index is 5.47. The smallest absolute Gasteiger partial charge is 0.160 e. The van der Waals surface area contributed by atoms with E-state index >= 15 is 0 Å². The first kappa shape index (κ1) is 33.4. The largest absolute Gasteiger partial charge is 0.247 e. The molecule has 8 aromatic carbocycles. The van der Waals surface area contributed by atoms with E-state index in [1.54, 1.807) is 0 Å². The van der Waals surface area contributed by atoms with Crippen LogP contribution in [-0.4, -0.2) is 15.0 Å². The van der Waals surface area contributed by atoms with Crippen molar-refractivity contribution in [1.29, 1.82) is 0 Å². The Bertz CT molecular complexity index is 3140. The van der Waals surface area contributed by atoms with Crippen molar-refractivity contribution >= 4 is 10.9 Å². The van der Waals surface area contributed by atoms with Crippen LogP contribution in [0.25, 0.3) is 89.4 Å². The van der Waals surface area contributed by atoms with Crippen LogP contribution in [0.3, 0.4) is 0 Å². The molecule has 12 rings (SSSR count). The van der Waals surface area contributed by atoms with E-state index in [2.05, 4.69) is 176 Å². The van der Waals surface area contributed by atoms with Crippen molar-refractivity contribution in [3.63, 3.8) is 0 Å². The zero-order valence-electron chi connectivity index (χ0n) is 32.0. The number of benzene rings is 8. The number of para-hydroxylation sites is 1. The number of hydrogen-bond donors (Lipinski definition) is 0. The van der Waals surface area contributed by atoms with E-state index in [0.29, 0.717) is 5.82 Å². The van der Waals surface area contributed by atoms with E-state index in [1.807, 2.05) is 36.4 Å². The molecule has 274 valence electrons. The lowest BCUT2D eigenvalue weighted by Crippen LogP contribution is -2.26. The third kappa shape index (κ3) is 5.05. The Balaban J connectivity index is 0.969. The number of aromatic nitrogens is 3. The Hall–Kier alpha value is -7.75. The van der Waals surface area contributed by atoms with Gasteiger partial charge in [-0.1, -0.05) is 200 Å². The van der Waals surface area contributed by atoms with Gasteiger partial charge >= 0.3 is 0 Å². The minimum Gasteiger partial charge on any atom is -0.247 e. The maximum atomic E-state index is 5.47. The van der Waals surface area contributed by atoms with Crippen LogP contribution in [0.1, 0.15) is 22.3 Å². The van der Waals surface area contributed by atoms with Gasteiger partial charge in [0.15, 0.2) is 5.82 Å². The molecule has 0 saturated carbocycles. The molecule has 0 atom stereocenters. The Morgan fingerprint density at radius 3 is 1.34 bits per heavy atom. The first-order valence-corrected chi connectivity index (χ1v) is 20.2. The van der Waals surface area contributed by atoms with E-state index in [1.165, 1.54) is 49.9 Å². The zero-order chi connectivity index (χ0) is 38.9.